The Hall–Kier alpha value is -1.74. The fourth-order valence-corrected chi connectivity index (χ4v) is 5.07. The molecule has 0 aromatic heterocycles. The first kappa shape index (κ1) is 22.0. The second kappa shape index (κ2) is 9.38. The van der Waals surface area contributed by atoms with Crippen LogP contribution >= 0.6 is 15.9 Å². The monoisotopic (exact) mass is 479 g/mol. The first-order chi connectivity index (χ1) is 13.8. The number of likely N-dealkylation sites (N-methyl/N-ethyl adjacent to an activating group) is 1. The molecule has 3 rings (SSSR count). The van der Waals surface area contributed by atoms with Crippen LogP contribution in [0.15, 0.2) is 57.9 Å². The van der Waals surface area contributed by atoms with E-state index in [1.807, 2.05) is 42.2 Å². The predicted molar refractivity (Wildman–Crippen MR) is 117 cm³/mol. The molecule has 0 saturated carbocycles. The summed E-state index contributed by atoms with van der Waals surface area (Å²) in [5, 5.41) is 0. The maximum atomic E-state index is 12.9. The minimum absolute atomic E-state index is 0.0358. The van der Waals surface area contributed by atoms with Crippen LogP contribution < -0.4 is 0 Å². The molecule has 156 valence electrons. The lowest BCUT2D eigenvalue weighted by Crippen LogP contribution is -2.51. The van der Waals surface area contributed by atoms with Crippen molar-refractivity contribution in [1.82, 2.24) is 14.1 Å². The lowest BCUT2D eigenvalue weighted by molar-refractivity contribution is -0.131. The van der Waals surface area contributed by atoms with Crippen LogP contribution in [-0.2, 0) is 21.4 Å². The summed E-state index contributed by atoms with van der Waals surface area (Å²) in [6.45, 7) is 4.59. The first-order valence-corrected chi connectivity index (χ1v) is 11.8. The SMILES string of the molecule is Cc1cc(S(=O)(=O)N2CCN(CC(=O)N(C)Cc3ccccc3)CC2)ccc1Br. The van der Waals surface area contributed by atoms with Gasteiger partial charge in [0, 0.05) is 44.2 Å². The molecule has 2 aromatic rings. The topological polar surface area (TPSA) is 60.9 Å². The highest BCUT2D eigenvalue weighted by molar-refractivity contribution is 9.10. The van der Waals surface area contributed by atoms with Crippen molar-refractivity contribution in [1.29, 1.82) is 0 Å². The summed E-state index contributed by atoms with van der Waals surface area (Å²) in [4.78, 5) is 16.6. The number of aryl methyl sites for hydroxylation is 1. The number of sulfonamides is 1. The second-order valence-corrected chi connectivity index (χ2v) is 10.1. The quantitative estimate of drug-likeness (QED) is 0.638. The van der Waals surface area contributed by atoms with Gasteiger partial charge in [0.2, 0.25) is 15.9 Å². The number of hydrogen-bond acceptors (Lipinski definition) is 4. The third-order valence-electron chi connectivity index (χ3n) is 5.15. The lowest BCUT2D eigenvalue weighted by atomic mass is 10.2. The summed E-state index contributed by atoms with van der Waals surface area (Å²) in [7, 11) is -1.72. The zero-order chi connectivity index (χ0) is 21.0. The number of nitrogens with zero attached hydrogens (tertiary/aromatic N) is 3. The Morgan fingerprint density at radius 3 is 2.34 bits per heavy atom. The average Bonchev–Trinajstić information content (AvgIpc) is 2.71. The Kier molecular flexibility index (Phi) is 7.10. The maximum absolute atomic E-state index is 12.9. The van der Waals surface area contributed by atoms with E-state index >= 15 is 0 Å². The lowest BCUT2D eigenvalue weighted by Gasteiger charge is -2.34. The molecule has 8 heteroatoms. The van der Waals surface area contributed by atoms with Gasteiger partial charge in [0.1, 0.15) is 0 Å². The van der Waals surface area contributed by atoms with E-state index in [0.29, 0.717) is 44.2 Å². The molecule has 0 spiro atoms. The highest BCUT2D eigenvalue weighted by Crippen LogP contribution is 2.23. The summed E-state index contributed by atoms with van der Waals surface area (Å²) >= 11 is 3.40. The van der Waals surface area contributed by atoms with Gasteiger partial charge < -0.3 is 4.90 Å². The minimum Gasteiger partial charge on any atom is -0.340 e. The predicted octanol–water partition coefficient (Wildman–Crippen LogP) is 2.72. The van der Waals surface area contributed by atoms with Crippen molar-refractivity contribution in [2.24, 2.45) is 0 Å². The van der Waals surface area contributed by atoms with Crippen molar-refractivity contribution in [3.63, 3.8) is 0 Å². The van der Waals surface area contributed by atoms with Gasteiger partial charge in [-0.15, -0.1) is 0 Å². The molecule has 1 aliphatic rings. The van der Waals surface area contributed by atoms with Crippen LogP contribution in [0.3, 0.4) is 0 Å². The van der Waals surface area contributed by atoms with Gasteiger partial charge in [-0.1, -0.05) is 46.3 Å². The van der Waals surface area contributed by atoms with Gasteiger partial charge in [0.25, 0.3) is 0 Å². The number of carbonyl (C=O) groups is 1. The normalized spacial score (nSPS) is 16.0. The Bertz CT molecular complexity index is 958. The fourth-order valence-electron chi connectivity index (χ4n) is 3.31. The van der Waals surface area contributed by atoms with Crippen molar-refractivity contribution in [3.05, 3.63) is 64.1 Å². The van der Waals surface area contributed by atoms with E-state index in [2.05, 4.69) is 15.9 Å². The van der Waals surface area contributed by atoms with Crippen LogP contribution in [0.25, 0.3) is 0 Å². The van der Waals surface area contributed by atoms with E-state index < -0.39 is 10.0 Å². The largest absolute Gasteiger partial charge is 0.340 e. The average molecular weight is 480 g/mol. The third-order valence-corrected chi connectivity index (χ3v) is 7.93. The number of carbonyl (C=O) groups excluding carboxylic acids is 1. The van der Waals surface area contributed by atoms with Gasteiger partial charge in [-0.25, -0.2) is 8.42 Å². The molecule has 0 aliphatic carbocycles. The van der Waals surface area contributed by atoms with E-state index in [-0.39, 0.29) is 5.91 Å². The van der Waals surface area contributed by atoms with E-state index in [9.17, 15) is 13.2 Å². The smallest absolute Gasteiger partial charge is 0.243 e. The van der Waals surface area contributed by atoms with Gasteiger partial charge in [0.05, 0.1) is 11.4 Å². The molecule has 29 heavy (non-hydrogen) atoms. The summed E-state index contributed by atoms with van der Waals surface area (Å²) < 4.78 is 28.2. The molecule has 0 radical (unpaired) electrons. The van der Waals surface area contributed by atoms with E-state index in [4.69, 9.17) is 0 Å². The number of halogens is 1. The molecular weight excluding hydrogens is 454 g/mol. The summed E-state index contributed by atoms with van der Waals surface area (Å²) in [6.07, 6.45) is 0. The standard InChI is InChI=1S/C21H26BrN3O3S/c1-17-14-19(8-9-20(17)22)29(27,28)25-12-10-24(11-13-25)16-21(26)23(2)15-18-6-4-3-5-7-18/h3-9,14H,10-13,15-16H2,1-2H3. The summed E-state index contributed by atoms with van der Waals surface area (Å²) in [6, 6.07) is 14.9. The zero-order valence-corrected chi connectivity index (χ0v) is 19.1. The van der Waals surface area contributed by atoms with Gasteiger partial charge in [-0.05, 0) is 36.2 Å². The van der Waals surface area contributed by atoms with Crippen LogP contribution in [0.5, 0.6) is 0 Å². The maximum Gasteiger partial charge on any atom is 0.243 e. The Labute approximate surface area is 181 Å². The number of piperazine rings is 1. The highest BCUT2D eigenvalue weighted by atomic mass is 79.9. The van der Waals surface area contributed by atoms with E-state index in [0.717, 1.165) is 15.6 Å². The summed E-state index contributed by atoms with van der Waals surface area (Å²) in [5.41, 5.74) is 1.97. The number of rotatable bonds is 6. The van der Waals surface area contributed by atoms with Gasteiger partial charge in [0.15, 0.2) is 0 Å². The van der Waals surface area contributed by atoms with Gasteiger partial charge in [-0.2, -0.15) is 4.31 Å². The molecular formula is C21H26BrN3O3S. The summed E-state index contributed by atoms with van der Waals surface area (Å²) in [5.74, 6) is 0.0358. The molecule has 1 heterocycles. The third kappa shape index (κ3) is 5.45. The second-order valence-electron chi connectivity index (χ2n) is 7.33. The molecule has 0 atom stereocenters. The van der Waals surface area contributed by atoms with Crippen molar-refractivity contribution < 1.29 is 13.2 Å². The van der Waals surface area contributed by atoms with E-state index in [1.165, 1.54) is 4.31 Å². The minimum atomic E-state index is -3.52. The number of hydrogen-bond donors (Lipinski definition) is 0. The molecule has 6 nitrogen and oxygen atoms in total. The fraction of sp³-hybridized carbons (Fsp3) is 0.381. The molecule has 1 fully saturated rings. The van der Waals surface area contributed by atoms with Crippen LogP contribution in [0.4, 0.5) is 0 Å². The van der Waals surface area contributed by atoms with Crippen LogP contribution in [0.2, 0.25) is 0 Å². The van der Waals surface area contributed by atoms with Crippen molar-refractivity contribution in [3.8, 4) is 0 Å². The van der Waals surface area contributed by atoms with Crippen molar-refractivity contribution in [2.45, 2.75) is 18.4 Å². The molecule has 2 aromatic carbocycles. The molecule has 0 N–H and O–H groups in total. The van der Waals surface area contributed by atoms with Crippen LogP contribution in [0.1, 0.15) is 11.1 Å². The molecule has 1 saturated heterocycles. The number of amides is 1. The Balaban J connectivity index is 1.54. The molecule has 1 aliphatic heterocycles. The van der Waals surface area contributed by atoms with Crippen LogP contribution in [0, 0.1) is 6.92 Å². The van der Waals surface area contributed by atoms with E-state index in [1.54, 1.807) is 30.1 Å². The number of benzene rings is 2. The highest BCUT2D eigenvalue weighted by Gasteiger charge is 2.29. The zero-order valence-electron chi connectivity index (χ0n) is 16.7. The van der Waals surface area contributed by atoms with Crippen molar-refractivity contribution >= 4 is 31.9 Å². The Morgan fingerprint density at radius 1 is 1.07 bits per heavy atom. The van der Waals surface area contributed by atoms with Gasteiger partial charge in [-0.3, -0.25) is 9.69 Å². The Morgan fingerprint density at radius 2 is 1.72 bits per heavy atom. The molecule has 1 amide bonds. The first-order valence-electron chi connectivity index (χ1n) is 9.54. The van der Waals surface area contributed by atoms with Gasteiger partial charge >= 0.3 is 0 Å². The molecule has 0 unspecified atom stereocenters. The molecule has 0 bridgehead atoms. The van der Waals surface area contributed by atoms with Crippen molar-refractivity contribution in [2.75, 3.05) is 39.8 Å². The van der Waals surface area contributed by atoms with Crippen LogP contribution in [-0.4, -0.2) is 68.2 Å².